The van der Waals surface area contributed by atoms with Gasteiger partial charge < -0.3 is 10.6 Å². The zero-order valence-corrected chi connectivity index (χ0v) is 12.1. The van der Waals surface area contributed by atoms with E-state index in [9.17, 15) is 4.79 Å². The molecule has 0 saturated carbocycles. The van der Waals surface area contributed by atoms with E-state index in [0.717, 1.165) is 16.0 Å². The Bertz CT molecular complexity index is 593. The molecule has 0 fully saturated rings. The highest BCUT2D eigenvalue weighted by molar-refractivity contribution is 7.80. The number of hydrogen-bond donors (Lipinski definition) is 1. The summed E-state index contributed by atoms with van der Waals surface area (Å²) in [5.74, 6) is 0.0238. The average Bonchev–Trinajstić information content (AvgIpc) is 2.92. The van der Waals surface area contributed by atoms with Crippen LogP contribution < -0.4 is 5.73 Å². The fourth-order valence-electron chi connectivity index (χ4n) is 1.76. The Morgan fingerprint density at radius 3 is 2.79 bits per heavy atom. The van der Waals surface area contributed by atoms with Crippen molar-refractivity contribution in [2.24, 2.45) is 5.73 Å². The SMILES string of the molecule is CN(Cc1cccc(C(N)=S)c1)C(=O)c1cccs1. The molecule has 0 aliphatic rings. The van der Waals surface area contributed by atoms with Crippen molar-refractivity contribution in [2.45, 2.75) is 6.54 Å². The first-order valence-corrected chi connectivity index (χ1v) is 7.04. The first-order chi connectivity index (χ1) is 9.08. The zero-order valence-electron chi connectivity index (χ0n) is 10.5. The third-order valence-corrected chi connectivity index (χ3v) is 3.80. The van der Waals surface area contributed by atoms with Crippen molar-refractivity contribution in [1.82, 2.24) is 4.90 Å². The highest BCUT2D eigenvalue weighted by atomic mass is 32.1. The molecule has 98 valence electrons. The summed E-state index contributed by atoms with van der Waals surface area (Å²) in [6.07, 6.45) is 0. The molecule has 0 saturated heterocycles. The van der Waals surface area contributed by atoms with E-state index in [2.05, 4.69) is 0 Å². The first-order valence-electron chi connectivity index (χ1n) is 5.75. The van der Waals surface area contributed by atoms with Crippen molar-refractivity contribution in [2.75, 3.05) is 7.05 Å². The molecule has 2 rings (SSSR count). The molecule has 5 heteroatoms. The molecule has 0 bridgehead atoms. The fourth-order valence-corrected chi connectivity index (χ4v) is 2.60. The first kappa shape index (κ1) is 13.7. The van der Waals surface area contributed by atoms with Crippen molar-refractivity contribution in [3.8, 4) is 0 Å². The van der Waals surface area contributed by atoms with Crippen molar-refractivity contribution < 1.29 is 4.79 Å². The van der Waals surface area contributed by atoms with Gasteiger partial charge in [0.15, 0.2) is 0 Å². The van der Waals surface area contributed by atoms with Gasteiger partial charge in [-0.15, -0.1) is 11.3 Å². The Hall–Kier alpha value is -1.72. The third kappa shape index (κ3) is 3.39. The van der Waals surface area contributed by atoms with E-state index >= 15 is 0 Å². The molecule has 1 aromatic carbocycles. The fraction of sp³-hybridized carbons (Fsp3) is 0.143. The summed E-state index contributed by atoms with van der Waals surface area (Å²) in [5.41, 5.74) is 7.44. The molecule has 0 radical (unpaired) electrons. The second-order valence-electron chi connectivity index (χ2n) is 4.20. The van der Waals surface area contributed by atoms with E-state index in [1.54, 1.807) is 11.9 Å². The quantitative estimate of drug-likeness (QED) is 0.881. The summed E-state index contributed by atoms with van der Waals surface area (Å²) in [6.45, 7) is 0.535. The van der Waals surface area contributed by atoms with Gasteiger partial charge in [0.2, 0.25) is 0 Å². The summed E-state index contributed by atoms with van der Waals surface area (Å²) >= 11 is 6.40. The van der Waals surface area contributed by atoms with Crippen LogP contribution in [0.15, 0.2) is 41.8 Å². The molecule has 3 nitrogen and oxygen atoms in total. The van der Waals surface area contributed by atoms with E-state index in [0.29, 0.717) is 11.5 Å². The van der Waals surface area contributed by atoms with E-state index in [1.165, 1.54) is 11.3 Å². The van der Waals surface area contributed by atoms with Gasteiger partial charge in [0.25, 0.3) is 5.91 Å². The van der Waals surface area contributed by atoms with Crippen molar-refractivity contribution in [1.29, 1.82) is 0 Å². The Balaban J connectivity index is 2.10. The molecule has 0 spiro atoms. The van der Waals surface area contributed by atoms with Crippen LogP contribution in [0.5, 0.6) is 0 Å². The number of nitrogens with two attached hydrogens (primary N) is 1. The Kier molecular flexibility index (Phi) is 4.29. The lowest BCUT2D eigenvalue weighted by atomic mass is 10.1. The van der Waals surface area contributed by atoms with Gasteiger partial charge in [0, 0.05) is 19.2 Å². The molecule has 1 amide bonds. The third-order valence-electron chi connectivity index (χ3n) is 2.71. The van der Waals surface area contributed by atoms with Gasteiger partial charge in [0.1, 0.15) is 4.99 Å². The highest BCUT2D eigenvalue weighted by Crippen LogP contribution is 2.14. The lowest BCUT2D eigenvalue weighted by molar-refractivity contribution is 0.0790. The van der Waals surface area contributed by atoms with Gasteiger partial charge >= 0.3 is 0 Å². The second-order valence-corrected chi connectivity index (χ2v) is 5.59. The molecule has 2 aromatic rings. The van der Waals surface area contributed by atoms with Gasteiger partial charge in [-0.2, -0.15) is 0 Å². The molecule has 1 aromatic heterocycles. The summed E-state index contributed by atoms with van der Waals surface area (Å²) < 4.78 is 0. The van der Waals surface area contributed by atoms with E-state index in [-0.39, 0.29) is 5.91 Å². The number of hydrogen-bond acceptors (Lipinski definition) is 3. The number of thiocarbonyl (C=S) groups is 1. The van der Waals surface area contributed by atoms with Gasteiger partial charge in [-0.05, 0) is 23.1 Å². The van der Waals surface area contributed by atoms with Gasteiger partial charge in [-0.3, -0.25) is 4.79 Å². The summed E-state index contributed by atoms with van der Waals surface area (Å²) in [7, 11) is 1.79. The zero-order chi connectivity index (χ0) is 13.8. The summed E-state index contributed by atoms with van der Waals surface area (Å²) in [5, 5.41) is 1.90. The maximum absolute atomic E-state index is 12.1. The minimum Gasteiger partial charge on any atom is -0.389 e. The van der Waals surface area contributed by atoms with Crippen LogP contribution in [0.3, 0.4) is 0 Å². The van der Waals surface area contributed by atoms with Crippen molar-refractivity contribution in [3.63, 3.8) is 0 Å². The molecular formula is C14H14N2OS2. The molecule has 2 N–H and O–H groups in total. The number of benzene rings is 1. The van der Waals surface area contributed by atoms with E-state index < -0.39 is 0 Å². The monoisotopic (exact) mass is 290 g/mol. The largest absolute Gasteiger partial charge is 0.389 e. The molecule has 1 heterocycles. The normalized spacial score (nSPS) is 10.2. The predicted octanol–water partition coefficient (Wildman–Crippen LogP) is 2.65. The molecule has 0 unspecified atom stereocenters. The molecular weight excluding hydrogens is 276 g/mol. The van der Waals surface area contributed by atoms with Gasteiger partial charge in [-0.1, -0.05) is 36.5 Å². The number of carbonyl (C=O) groups excluding carboxylic acids is 1. The van der Waals surface area contributed by atoms with E-state index in [1.807, 2.05) is 41.8 Å². The Labute approximate surface area is 121 Å². The van der Waals surface area contributed by atoms with Crippen LogP contribution in [0.1, 0.15) is 20.8 Å². The lowest BCUT2D eigenvalue weighted by Crippen LogP contribution is -2.25. The van der Waals surface area contributed by atoms with Crippen LogP contribution in [-0.2, 0) is 6.54 Å². The second kappa shape index (κ2) is 5.95. The van der Waals surface area contributed by atoms with Crippen LogP contribution in [0.2, 0.25) is 0 Å². The van der Waals surface area contributed by atoms with Crippen molar-refractivity contribution >= 4 is 34.5 Å². The van der Waals surface area contributed by atoms with Crippen LogP contribution in [0.4, 0.5) is 0 Å². The smallest absolute Gasteiger partial charge is 0.263 e. The molecule has 19 heavy (non-hydrogen) atoms. The van der Waals surface area contributed by atoms with Crippen LogP contribution in [-0.4, -0.2) is 22.8 Å². The Morgan fingerprint density at radius 1 is 1.37 bits per heavy atom. The van der Waals surface area contributed by atoms with Gasteiger partial charge in [-0.25, -0.2) is 0 Å². The highest BCUT2D eigenvalue weighted by Gasteiger charge is 2.12. The minimum atomic E-state index is 0.0238. The minimum absolute atomic E-state index is 0.0238. The average molecular weight is 290 g/mol. The number of rotatable bonds is 4. The lowest BCUT2D eigenvalue weighted by Gasteiger charge is -2.16. The summed E-state index contributed by atoms with van der Waals surface area (Å²) in [6, 6.07) is 11.3. The van der Waals surface area contributed by atoms with Crippen molar-refractivity contribution in [3.05, 3.63) is 57.8 Å². The van der Waals surface area contributed by atoms with Crippen LogP contribution in [0, 0.1) is 0 Å². The number of nitrogens with zero attached hydrogens (tertiary/aromatic N) is 1. The predicted molar refractivity (Wildman–Crippen MR) is 82.4 cm³/mol. The number of amides is 1. The maximum Gasteiger partial charge on any atom is 0.263 e. The van der Waals surface area contributed by atoms with Crippen LogP contribution in [0.25, 0.3) is 0 Å². The standard InChI is InChI=1S/C14H14N2OS2/c1-16(14(17)12-6-3-7-19-12)9-10-4-2-5-11(8-10)13(15)18/h2-8H,9H2,1H3,(H2,15,18). The maximum atomic E-state index is 12.1. The van der Waals surface area contributed by atoms with Crippen LogP contribution >= 0.6 is 23.6 Å². The number of thiophene rings is 1. The van der Waals surface area contributed by atoms with E-state index in [4.69, 9.17) is 18.0 Å². The molecule has 0 aliphatic carbocycles. The number of carbonyl (C=O) groups is 1. The topological polar surface area (TPSA) is 46.3 Å². The molecule has 0 aliphatic heterocycles. The molecule has 0 atom stereocenters. The Morgan fingerprint density at radius 2 is 2.16 bits per heavy atom. The summed E-state index contributed by atoms with van der Waals surface area (Å²) in [4.78, 5) is 14.9. The van der Waals surface area contributed by atoms with Gasteiger partial charge in [0.05, 0.1) is 4.88 Å².